The van der Waals surface area contributed by atoms with Gasteiger partial charge in [-0.25, -0.2) is 0 Å². The molecule has 1 amide bonds. The molecule has 5 heteroatoms. The summed E-state index contributed by atoms with van der Waals surface area (Å²) in [7, 11) is 0. The van der Waals surface area contributed by atoms with E-state index in [0.717, 1.165) is 18.5 Å². The first-order valence-corrected chi connectivity index (χ1v) is 5.99. The van der Waals surface area contributed by atoms with E-state index in [0.29, 0.717) is 16.9 Å². The van der Waals surface area contributed by atoms with E-state index in [1.807, 2.05) is 6.92 Å². The molecule has 1 aromatic rings. The van der Waals surface area contributed by atoms with Gasteiger partial charge in [-0.1, -0.05) is 29.3 Å². The third kappa shape index (κ3) is 3.66. The van der Waals surface area contributed by atoms with Crippen LogP contribution in [0.1, 0.15) is 35.8 Å². The van der Waals surface area contributed by atoms with Crippen LogP contribution in [0.25, 0.3) is 0 Å². The summed E-state index contributed by atoms with van der Waals surface area (Å²) < 4.78 is 0. The van der Waals surface area contributed by atoms with Gasteiger partial charge in [0, 0.05) is 17.1 Å². The fourth-order valence-corrected chi connectivity index (χ4v) is 1.91. The second kappa shape index (κ2) is 5.90. The molecule has 1 unspecified atom stereocenters. The highest BCUT2D eigenvalue weighted by Crippen LogP contribution is 2.07. The molecule has 2 N–H and O–H groups in total. The maximum Gasteiger partial charge on any atom is 0.254 e. The van der Waals surface area contributed by atoms with Crippen LogP contribution in [-0.2, 0) is 0 Å². The minimum atomic E-state index is -0.0678. The summed E-state index contributed by atoms with van der Waals surface area (Å²) >= 11 is 3.51. The Morgan fingerprint density at radius 2 is 2.47 bits per heavy atom. The van der Waals surface area contributed by atoms with Gasteiger partial charge in [-0.15, -0.1) is 0 Å². The summed E-state index contributed by atoms with van der Waals surface area (Å²) in [4.78, 5) is 12.0. The molecule has 1 atom stereocenters. The van der Waals surface area contributed by atoms with E-state index >= 15 is 0 Å². The Bertz CT molecular complexity index is 324. The number of carbonyl (C=O) groups is 1. The first kappa shape index (κ1) is 12.2. The molecule has 0 aliphatic carbocycles. The van der Waals surface area contributed by atoms with E-state index in [9.17, 15) is 4.79 Å². The highest BCUT2D eigenvalue weighted by Gasteiger charge is 2.11. The summed E-state index contributed by atoms with van der Waals surface area (Å²) in [5.74, 6) is -0.0678. The van der Waals surface area contributed by atoms with Crippen LogP contribution in [0.5, 0.6) is 0 Å². The second-order valence-electron chi connectivity index (χ2n) is 3.50. The molecule has 0 aliphatic rings. The van der Waals surface area contributed by atoms with E-state index in [-0.39, 0.29) is 5.91 Å². The molecule has 0 radical (unpaired) electrons. The van der Waals surface area contributed by atoms with E-state index in [1.165, 1.54) is 0 Å². The smallest absolute Gasteiger partial charge is 0.254 e. The maximum absolute atomic E-state index is 11.6. The normalized spacial score (nSPS) is 12.5. The SMILES string of the molecule is CCCC(Br)CNC(=O)c1cn[nH]c1C. The average Bonchev–Trinajstić information content (AvgIpc) is 2.61. The van der Waals surface area contributed by atoms with Gasteiger partial charge in [-0.2, -0.15) is 5.10 Å². The van der Waals surface area contributed by atoms with Crippen molar-refractivity contribution in [3.8, 4) is 0 Å². The molecule has 4 nitrogen and oxygen atoms in total. The third-order valence-electron chi connectivity index (χ3n) is 2.16. The van der Waals surface area contributed by atoms with Crippen molar-refractivity contribution in [2.75, 3.05) is 6.54 Å². The average molecular weight is 274 g/mol. The van der Waals surface area contributed by atoms with Crippen molar-refractivity contribution in [2.45, 2.75) is 31.5 Å². The van der Waals surface area contributed by atoms with Crippen molar-refractivity contribution < 1.29 is 4.79 Å². The minimum Gasteiger partial charge on any atom is -0.351 e. The Labute approximate surface area is 98.0 Å². The molecule has 1 aromatic heterocycles. The summed E-state index contributed by atoms with van der Waals surface area (Å²) in [6.07, 6.45) is 3.72. The molecule has 15 heavy (non-hydrogen) atoms. The first-order chi connectivity index (χ1) is 7.15. The molecule has 1 rings (SSSR count). The number of alkyl halides is 1. The summed E-state index contributed by atoms with van der Waals surface area (Å²) in [5.41, 5.74) is 1.42. The molecule has 0 aliphatic heterocycles. The van der Waals surface area contributed by atoms with Crippen molar-refractivity contribution in [1.82, 2.24) is 15.5 Å². The van der Waals surface area contributed by atoms with Crippen molar-refractivity contribution in [2.24, 2.45) is 0 Å². The molecular formula is C10H16BrN3O. The van der Waals surface area contributed by atoms with Gasteiger partial charge in [0.05, 0.1) is 11.8 Å². The number of nitrogens with zero attached hydrogens (tertiary/aromatic N) is 1. The van der Waals surface area contributed by atoms with Gasteiger partial charge in [-0.3, -0.25) is 9.89 Å². The Hall–Kier alpha value is -0.840. The van der Waals surface area contributed by atoms with Crippen LogP contribution < -0.4 is 5.32 Å². The van der Waals surface area contributed by atoms with Crippen LogP contribution in [-0.4, -0.2) is 27.5 Å². The lowest BCUT2D eigenvalue weighted by atomic mass is 10.2. The first-order valence-electron chi connectivity index (χ1n) is 5.07. The van der Waals surface area contributed by atoms with Crippen molar-refractivity contribution in [1.29, 1.82) is 0 Å². The zero-order valence-corrected chi connectivity index (χ0v) is 10.6. The molecule has 0 spiro atoms. The van der Waals surface area contributed by atoms with Gasteiger partial charge in [0.1, 0.15) is 0 Å². The van der Waals surface area contributed by atoms with Gasteiger partial charge in [0.15, 0.2) is 0 Å². The Morgan fingerprint density at radius 3 is 3.00 bits per heavy atom. The standard InChI is InChI=1S/C10H16BrN3O/c1-3-4-8(11)5-12-10(15)9-6-13-14-7(9)2/h6,8H,3-5H2,1-2H3,(H,12,15)(H,13,14). The number of H-pyrrole nitrogens is 1. The molecule has 0 fully saturated rings. The number of aromatic amines is 1. The molecule has 84 valence electrons. The third-order valence-corrected chi connectivity index (χ3v) is 2.94. The van der Waals surface area contributed by atoms with Gasteiger partial charge in [0.2, 0.25) is 0 Å². The largest absolute Gasteiger partial charge is 0.351 e. The zero-order valence-electron chi connectivity index (χ0n) is 9.01. The topological polar surface area (TPSA) is 57.8 Å². The maximum atomic E-state index is 11.6. The van der Waals surface area contributed by atoms with Gasteiger partial charge < -0.3 is 5.32 Å². The summed E-state index contributed by atoms with van der Waals surface area (Å²) in [5, 5.41) is 9.41. The van der Waals surface area contributed by atoms with Crippen LogP contribution in [0, 0.1) is 6.92 Å². The molecule has 0 aromatic carbocycles. The lowest BCUT2D eigenvalue weighted by Crippen LogP contribution is -2.29. The zero-order chi connectivity index (χ0) is 11.3. The van der Waals surface area contributed by atoms with Crippen molar-refractivity contribution >= 4 is 21.8 Å². The minimum absolute atomic E-state index is 0.0678. The number of halogens is 1. The van der Waals surface area contributed by atoms with Gasteiger partial charge in [0.25, 0.3) is 5.91 Å². The molecule has 0 bridgehead atoms. The molecule has 1 heterocycles. The Balaban J connectivity index is 2.40. The number of aryl methyl sites for hydroxylation is 1. The van der Waals surface area contributed by atoms with E-state index in [1.54, 1.807) is 6.20 Å². The summed E-state index contributed by atoms with van der Waals surface area (Å²) in [6.45, 7) is 4.60. The van der Waals surface area contributed by atoms with Crippen molar-refractivity contribution in [3.05, 3.63) is 17.5 Å². The van der Waals surface area contributed by atoms with Gasteiger partial charge >= 0.3 is 0 Å². The van der Waals surface area contributed by atoms with E-state index in [4.69, 9.17) is 0 Å². The fourth-order valence-electron chi connectivity index (χ4n) is 1.29. The molecule has 0 saturated carbocycles. The Kier molecular flexibility index (Phi) is 4.81. The van der Waals surface area contributed by atoms with Crippen LogP contribution >= 0.6 is 15.9 Å². The quantitative estimate of drug-likeness (QED) is 0.807. The number of hydrogen-bond donors (Lipinski definition) is 2. The van der Waals surface area contributed by atoms with Crippen molar-refractivity contribution in [3.63, 3.8) is 0 Å². The number of hydrogen-bond acceptors (Lipinski definition) is 2. The predicted molar refractivity (Wildman–Crippen MR) is 63.3 cm³/mol. The van der Waals surface area contributed by atoms with Crippen LogP contribution in [0.3, 0.4) is 0 Å². The second-order valence-corrected chi connectivity index (χ2v) is 4.80. The number of carbonyl (C=O) groups excluding carboxylic acids is 1. The predicted octanol–water partition coefficient (Wildman–Crippen LogP) is 2.01. The number of nitrogens with one attached hydrogen (secondary N) is 2. The lowest BCUT2D eigenvalue weighted by Gasteiger charge is -2.09. The molecular weight excluding hydrogens is 258 g/mol. The van der Waals surface area contributed by atoms with Gasteiger partial charge in [-0.05, 0) is 13.3 Å². The number of amides is 1. The number of rotatable bonds is 5. The molecule has 0 saturated heterocycles. The van der Waals surface area contributed by atoms with Crippen LogP contribution in [0.15, 0.2) is 6.20 Å². The Morgan fingerprint density at radius 1 is 1.73 bits per heavy atom. The van der Waals surface area contributed by atoms with Crippen LogP contribution in [0.2, 0.25) is 0 Å². The van der Waals surface area contributed by atoms with E-state index < -0.39 is 0 Å². The van der Waals surface area contributed by atoms with Crippen LogP contribution in [0.4, 0.5) is 0 Å². The monoisotopic (exact) mass is 273 g/mol. The highest BCUT2D eigenvalue weighted by atomic mass is 79.9. The number of aromatic nitrogens is 2. The van der Waals surface area contributed by atoms with E-state index in [2.05, 4.69) is 38.4 Å². The summed E-state index contributed by atoms with van der Waals surface area (Å²) in [6, 6.07) is 0. The highest BCUT2D eigenvalue weighted by molar-refractivity contribution is 9.09. The lowest BCUT2D eigenvalue weighted by molar-refractivity contribution is 0.0953. The fraction of sp³-hybridized carbons (Fsp3) is 0.600.